The van der Waals surface area contributed by atoms with Crippen LogP contribution in [0.3, 0.4) is 0 Å². The molecule has 1 aromatic carbocycles. The lowest BCUT2D eigenvalue weighted by molar-refractivity contribution is -0.286. The highest BCUT2D eigenvalue weighted by atomic mass is 79.9. The van der Waals surface area contributed by atoms with Crippen LogP contribution in [0.15, 0.2) is 16.6 Å². The van der Waals surface area contributed by atoms with E-state index >= 15 is 0 Å². The van der Waals surface area contributed by atoms with Crippen LogP contribution in [-0.2, 0) is 0 Å². The van der Waals surface area contributed by atoms with Gasteiger partial charge in [0, 0.05) is 0 Å². The molecule has 70 valence electrons. The predicted octanol–water partition coefficient (Wildman–Crippen LogP) is 2.35. The summed E-state index contributed by atoms with van der Waals surface area (Å²) in [5, 5.41) is 0. The Morgan fingerprint density at radius 3 is 2.46 bits per heavy atom. The monoisotopic (exact) mass is 251 g/mol. The number of anilines is 1. The molecule has 0 bridgehead atoms. The van der Waals surface area contributed by atoms with E-state index in [0.29, 0.717) is 4.47 Å². The number of ether oxygens (including phenoxy) is 2. The molecule has 1 aliphatic rings. The second-order valence-electron chi connectivity index (χ2n) is 2.46. The van der Waals surface area contributed by atoms with Crippen molar-refractivity contribution < 1.29 is 18.3 Å². The van der Waals surface area contributed by atoms with E-state index in [-0.39, 0.29) is 17.2 Å². The van der Waals surface area contributed by atoms with Gasteiger partial charge in [-0.05, 0) is 28.1 Å². The summed E-state index contributed by atoms with van der Waals surface area (Å²) < 4.78 is 34.0. The molecule has 1 aliphatic heterocycles. The van der Waals surface area contributed by atoms with Gasteiger partial charge in [-0.15, -0.1) is 8.78 Å². The van der Waals surface area contributed by atoms with Crippen LogP contribution in [0.2, 0.25) is 0 Å². The first kappa shape index (κ1) is 8.55. The van der Waals surface area contributed by atoms with Gasteiger partial charge >= 0.3 is 6.29 Å². The highest BCUT2D eigenvalue weighted by Crippen LogP contribution is 2.48. The fourth-order valence-corrected chi connectivity index (χ4v) is 1.41. The maximum Gasteiger partial charge on any atom is 0.586 e. The molecular formula is C7H4BrF2NO2. The largest absolute Gasteiger partial charge is 0.586 e. The number of hydrogen-bond acceptors (Lipinski definition) is 3. The van der Waals surface area contributed by atoms with E-state index in [1.807, 2.05) is 0 Å². The van der Waals surface area contributed by atoms with Gasteiger partial charge < -0.3 is 15.2 Å². The van der Waals surface area contributed by atoms with Crippen LogP contribution in [0.25, 0.3) is 0 Å². The Morgan fingerprint density at radius 1 is 1.23 bits per heavy atom. The third-order valence-corrected chi connectivity index (χ3v) is 2.16. The molecule has 0 aliphatic carbocycles. The Balaban J connectivity index is 2.56. The fourth-order valence-electron chi connectivity index (χ4n) is 1.01. The molecule has 0 atom stereocenters. The summed E-state index contributed by atoms with van der Waals surface area (Å²) in [6.45, 7) is 0. The van der Waals surface area contributed by atoms with Gasteiger partial charge in [-0.2, -0.15) is 0 Å². The minimum Gasteiger partial charge on any atom is -0.396 e. The summed E-state index contributed by atoms with van der Waals surface area (Å²) in [7, 11) is 0. The summed E-state index contributed by atoms with van der Waals surface area (Å²) in [6, 6.07) is 2.96. The maximum absolute atomic E-state index is 12.6. The number of halogens is 3. The van der Waals surface area contributed by atoms with Gasteiger partial charge in [-0.1, -0.05) is 0 Å². The number of alkyl halides is 2. The molecule has 2 rings (SSSR count). The molecule has 0 radical (unpaired) electrons. The highest BCUT2D eigenvalue weighted by molar-refractivity contribution is 9.10. The molecule has 3 nitrogen and oxygen atoms in total. The lowest BCUT2D eigenvalue weighted by Crippen LogP contribution is -2.26. The molecule has 0 amide bonds. The van der Waals surface area contributed by atoms with Crippen molar-refractivity contribution in [2.45, 2.75) is 6.29 Å². The van der Waals surface area contributed by atoms with Gasteiger partial charge in [-0.3, -0.25) is 0 Å². The minimum atomic E-state index is -3.62. The van der Waals surface area contributed by atoms with Crippen LogP contribution in [0.5, 0.6) is 11.5 Å². The molecular weight excluding hydrogens is 248 g/mol. The third-order valence-electron chi connectivity index (χ3n) is 1.54. The van der Waals surface area contributed by atoms with E-state index in [1.165, 1.54) is 12.1 Å². The molecule has 0 unspecified atom stereocenters. The average Bonchev–Trinajstić information content (AvgIpc) is 2.35. The van der Waals surface area contributed by atoms with Gasteiger partial charge in [0.2, 0.25) is 0 Å². The summed E-state index contributed by atoms with van der Waals surface area (Å²) in [5.74, 6) is -0.190. The van der Waals surface area contributed by atoms with Crippen LogP contribution in [0.4, 0.5) is 14.5 Å². The van der Waals surface area contributed by atoms with Crippen molar-refractivity contribution in [3.63, 3.8) is 0 Å². The van der Waals surface area contributed by atoms with Gasteiger partial charge in [-0.25, -0.2) is 0 Å². The molecule has 1 aromatic rings. The zero-order chi connectivity index (χ0) is 9.64. The van der Waals surface area contributed by atoms with E-state index in [2.05, 4.69) is 25.4 Å². The first-order valence-corrected chi connectivity index (χ1v) is 4.13. The lowest BCUT2D eigenvalue weighted by atomic mass is 10.3. The van der Waals surface area contributed by atoms with Crippen LogP contribution >= 0.6 is 15.9 Å². The number of benzene rings is 1. The second-order valence-corrected chi connectivity index (χ2v) is 3.32. The average molecular weight is 252 g/mol. The van der Waals surface area contributed by atoms with Crippen molar-refractivity contribution in [2.75, 3.05) is 5.73 Å². The smallest absolute Gasteiger partial charge is 0.396 e. The maximum atomic E-state index is 12.6. The number of fused-ring (bicyclic) bond motifs is 1. The van der Waals surface area contributed by atoms with Crippen LogP contribution < -0.4 is 15.2 Å². The Morgan fingerprint density at radius 2 is 1.85 bits per heavy atom. The number of hydrogen-bond donors (Lipinski definition) is 1. The quantitative estimate of drug-likeness (QED) is 0.721. The summed E-state index contributed by atoms with van der Waals surface area (Å²) in [6.07, 6.45) is -3.62. The number of nitrogen functional groups attached to an aromatic ring is 1. The Hall–Kier alpha value is -1.04. The Kier molecular flexibility index (Phi) is 1.63. The SMILES string of the molecule is Nc1ccc(Br)c2c1OC(F)(F)O2. The van der Waals surface area contributed by atoms with Gasteiger partial charge in [0.1, 0.15) is 0 Å². The molecule has 6 heteroatoms. The lowest BCUT2D eigenvalue weighted by Gasteiger charge is -2.04. The molecule has 0 saturated carbocycles. The molecule has 1 heterocycles. The zero-order valence-electron chi connectivity index (χ0n) is 6.18. The first-order valence-electron chi connectivity index (χ1n) is 3.33. The van der Waals surface area contributed by atoms with Crippen molar-refractivity contribution in [2.24, 2.45) is 0 Å². The van der Waals surface area contributed by atoms with Crippen LogP contribution in [0.1, 0.15) is 0 Å². The Labute approximate surface area is 80.6 Å². The van der Waals surface area contributed by atoms with Gasteiger partial charge in [0.15, 0.2) is 11.5 Å². The molecule has 0 saturated heterocycles. The standard InChI is InChI=1S/C7H4BrF2NO2/c8-3-1-2-4(11)6-5(3)12-7(9,10)13-6/h1-2H,11H2. The van der Waals surface area contributed by atoms with E-state index in [1.54, 1.807) is 0 Å². The van der Waals surface area contributed by atoms with Crippen molar-refractivity contribution in [1.29, 1.82) is 0 Å². The molecule has 0 spiro atoms. The van der Waals surface area contributed by atoms with Crippen LogP contribution in [-0.4, -0.2) is 6.29 Å². The van der Waals surface area contributed by atoms with Crippen molar-refractivity contribution in [1.82, 2.24) is 0 Å². The topological polar surface area (TPSA) is 44.5 Å². The second kappa shape index (κ2) is 2.47. The van der Waals surface area contributed by atoms with Crippen molar-refractivity contribution in [3.8, 4) is 11.5 Å². The van der Waals surface area contributed by atoms with Crippen molar-refractivity contribution in [3.05, 3.63) is 16.6 Å². The molecule has 0 fully saturated rings. The summed E-state index contributed by atoms with van der Waals surface area (Å²) >= 11 is 3.04. The predicted molar refractivity (Wildman–Crippen MR) is 44.8 cm³/mol. The Bertz CT molecular complexity index is 337. The van der Waals surface area contributed by atoms with E-state index < -0.39 is 6.29 Å². The van der Waals surface area contributed by atoms with Gasteiger partial charge in [0.05, 0.1) is 10.2 Å². The summed E-state index contributed by atoms with van der Waals surface area (Å²) in [4.78, 5) is 0. The zero-order valence-corrected chi connectivity index (χ0v) is 7.77. The van der Waals surface area contributed by atoms with Gasteiger partial charge in [0.25, 0.3) is 0 Å². The van der Waals surface area contributed by atoms with E-state index in [4.69, 9.17) is 5.73 Å². The van der Waals surface area contributed by atoms with Crippen LogP contribution in [0, 0.1) is 0 Å². The molecule has 13 heavy (non-hydrogen) atoms. The fraction of sp³-hybridized carbons (Fsp3) is 0.143. The number of rotatable bonds is 0. The molecule has 0 aromatic heterocycles. The molecule has 2 N–H and O–H groups in total. The van der Waals surface area contributed by atoms with E-state index in [0.717, 1.165) is 0 Å². The number of nitrogens with two attached hydrogens (primary N) is 1. The normalized spacial score (nSPS) is 17.5. The summed E-state index contributed by atoms with van der Waals surface area (Å²) in [5.41, 5.74) is 5.52. The minimum absolute atomic E-state index is 0.0648. The first-order chi connectivity index (χ1) is 5.99. The third kappa shape index (κ3) is 1.31. The van der Waals surface area contributed by atoms with Crippen molar-refractivity contribution >= 4 is 21.6 Å². The van der Waals surface area contributed by atoms with E-state index in [9.17, 15) is 8.78 Å². The highest BCUT2D eigenvalue weighted by Gasteiger charge is 2.45.